The lowest BCUT2D eigenvalue weighted by Crippen LogP contribution is -2.33. The first-order valence-electron chi connectivity index (χ1n) is 7.51. The van der Waals surface area contributed by atoms with Crippen LogP contribution in [0.5, 0.6) is 0 Å². The Hall–Kier alpha value is -2.20. The van der Waals surface area contributed by atoms with E-state index < -0.39 is 0 Å². The van der Waals surface area contributed by atoms with E-state index in [0.717, 1.165) is 17.8 Å². The van der Waals surface area contributed by atoms with E-state index in [1.165, 1.54) is 5.56 Å². The molecule has 0 aliphatic heterocycles. The molecular formula is C18H23N3O. The largest absolute Gasteiger partial charge is 0.359 e. The van der Waals surface area contributed by atoms with Crippen molar-refractivity contribution >= 4 is 5.91 Å². The second-order valence-corrected chi connectivity index (χ2v) is 5.55. The molecule has 0 saturated carbocycles. The second kappa shape index (κ2) is 7.71. The van der Waals surface area contributed by atoms with Gasteiger partial charge in [0, 0.05) is 37.8 Å². The van der Waals surface area contributed by atoms with Crippen LogP contribution in [0.4, 0.5) is 0 Å². The molecule has 0 aliphatic rings. The minimum atomic E-state index is 0.0739. The summed E-state index contributed by atoms with van der Waals surface area (Å²) in [5, 5.41) is 2.67. The van der Waals surface area contributed by atoms with Crippen molar-refractivity contribution in [3.8, 4) is 11.3 Å². The smallest absolute Gasteiger partial charge is 0.221 e. The van der Waals surface area contributed by atoms with Gasteiger partial charge in [0.1, 0.15) is 0 Å². The van der Waals surface area contributed by atoms with Crippen LogP contribution in [-0.2, 0) is 11.3 Å². The predicted molar refractivity (Wildman–Crippen MR) is 89.3 cm³/mol. The van der Waals surface area contributed by atoms with Crippen LogP contribution >= 0.6 is 0 Å². The fourth-order valence-electron chi connectivity index (χ4n) is 2.28. The number of hydrogen-bond donors (Lipinski definition) is 1. The summed E-state index contributed by atoms with van der Waals surface area (Å²) in [6, 6.07) is 14.5. The zero-order valence-corrected chi connectivity index (χ0v) is 13.4. The summed E-state index contributed by atoms with van der Waals surface area (Å²) in [6.45, 7) is 2.89. The topological polar surface area (TPSA) is 45.2 Å². The normalized spacial score (nSPS) is 12.2. The van der Waals surface area contributed by atoms with Crippen molar-refractivity contribution in [1.82, 2.24) is 15.2 Å². The predicted octanol–water partition coefficient (Wildman–Crippen LogP) is 2.71. The van der Waals surface area contributed by atoms with Crippen LogP contribution in [0.1, 0.15) is 18.9 Å². The van der Waals surface area contributed by atoms with Gasteiger partial charge in [-0.2, -0.15) is 0 Å². The van der Waals surface area contributed by atoms with E-state index in [0.29, 0.717) is 6.42 Å². The third-order valence-electron chi connectivity index (χ3n) is 3.86. The maximum atomic E-state index is 11.4. The minimum Gasteiger partial charge on any atom is -0.359 e. The molecule has 1 aromatic heterocycles. The molecular weight excluding hydrogens is 274 g/mol. The Balaban J connectivity index is 1.98. The summed E-state index contributed by atoms with van der Waals surface area (Å²) < 4.78 is 0. The number of aromatic nitrogens is 1. The lowest BCUT2D eigenvalue weighted by atomic mass is 10.1. The van der Waals surface area contributed by atoms with Gasteiger partial charge in [-0.3, -0.25) is 14.7 Å². The molecule has 1 amide bonds. The van der Waals surface area contributed by atoms with E-state index >= 15 is 0 Å². The van der Waals surface area contributed by atoms with Gasteiger partial charge in [0.05, 0.1) is 5.69 Å². The number of carbonyl (C=O) groups excluding carboxylic acids is 1. The van der Waals surface area contributed by atoms with Gasteiger partial charge >= 0.3 is 0 Å². The average Bonchev–Trinajstić information content (AvgIpc) is 2.56. The molecule has 1 unspecified atom stereocenters. The molecule has 116 valence electrons. The Kier molecular flexibility index (Phi) is 5.67. The first-order chi connectivity index (χ1) is 10.6. The first kappa shape index (κ1) is 16.2. The van der Waals surface area contributed by atoms with E-state index in [2.05, 4.69) is 46.4 Å². The molecule has 1 aromatic carbocycles. The minimum absolute atomic E-state index is 0.0739. The number of benzene rings is 1. The highest BCUT2D eigenvalue weighted by Crippen LogP contribution is 2.18. The molecule has 1 atom stereocenters. The zero-order valence-electron chi connectivity index (χ0n) is 13.4. The third-order valence-corrected chi connectivity index (χ3v) is 3.86. The first-order valence-corrected chi connectivity index (χ1v) is 7.51. The molecule has 2 rings (SSSR count). The van der Waals surface area contributed by atoms with Crippen LogP contribution in [-0.4, -0.2) is 35.9 Å². The van der Waals surface area contributed by atoms with E-state index in [4.69, 9.17) is 0 Å². The van der Waals surface area contributed by atoms with Gasteiger partial charge in [0.25, 0.3) is 0 Å². The van der Waals surface area contributed by atoms with Crippen LogP contribution in [0.3, 0.4) is 0 Å². The Bertz CT molecular complexity index is 595. The van der Waals surface area contributed by atoms with Gasteiger partial charge in [-0.25, -0.2) is 0 Å². The van der Waals surface area contributed by atoms with E-state index in [-0.39, 0.29) is 11.9 Å². The van der Waals surface area contributed by atoms with Gasteiger partial charge in [-0.1, -0.05) is 30.3 Å². The van der Waals surface area contributed by atoms with Gasteiger partial charge in [-0.15, -0.1) is 0 Å². The molecule has 1 N–H and O–H groups in total. The molecule has 4 heteroatoms. The van der Waals surface area contributed by atoms with Gasteiger partial charge in [0.15, 0.2) is 0 Å². The van der Waals surface area contributed by atoms with Gasteiger partial charge in [0.2, 0.25) is 5.91 Å². The number of carbonyl (C=O) groups is 1. The second-order valence-electron chi connectivity index (χ2n) is 5.55. The number of hydrogen-bond acceptors (Lipinski definition) is 3. The molecule has 2 aromatic rings. The standard InChI is InChI=1S/C18H23N3O/c1-14(12-18(22)19-2)21(3)13-15-7-9-16(10-8-15)17-6-4-5-11-20-17/h4-11,14H,12-13H2,1-3H3,(H,19,22). The third kappa shape index (κ3) is 4.40. The molecule has 0 bridgehead atoms. The lowest BCUT2D eigenvalue weighted by molar-refractivity contribution is -0.121. The van der Waals surface area contributed by atoms with Crippen molar-refractivity contribution in [3.05, 3.63) is 54.2 Å². The monoisotopic (exact) mass is 297 g/mol. The number of nitrogens with one attached hydrogen (secondary N) is 1. The summed E-state index contributed by atoms with van der Waals surface area (Å²) >= 11 is 0. The molecule has 22 heavy (non-hydrogen) atoms. The Morgan fingerprint density at radius 1 is 1.23 bits per heavy atom. The maximum absolute atomic E-state index is 11.4. The van der Waals surface area contributed by atoms with Crippen molar-refractivity contribution in [2.24, 2.45) is 0 Å². The van der Waals surface area contributed by atoms with Crippen molar-refractivity contribution in [2.45, 2.75) is 25.9 Å². The fourth-order valence-corrected chi connectivity index (χ4v) is 2.28. The summed E-state index contributed by atoms with van der Waals surface area (Å²) in [6.07, 6.45) is 2.32. The molecule has 1 heterocycles. The number of rotatable bonds is 6. The summed E-state index contributed by atoms with van der Waals surface area (Å²) in [5.41, 5.74) is 3.33. The Morgan fingerprint density at radius 3 is 2.55 bits per heavy atom. The number of amides is 1. The van der Waals surface area contributed by atoms with Crippen molar-refractivity contribution in [1.29, 1.82) is 0 Å². The van der Waals surface area contributed by atoms with Crippen LogP contribution in [0.15, 0.2) is 48.7 Å². The highest BCUT2D eigenvalue weighted by Gasteiger charge is 2.13. The average molecular weight is 297 g/mol. The van der Waals surface area contributed by atoms with Crippen LogP contribution < -0.4 is 5.32 Å². The molecule has 4 nitrogen and oxygen atoms in total. The van der Waals surface area contributed by atoms with Crippen LogP contribution in [0.25, 0.3) is 11.3 Å². The maximum Gasteiger partial charge on any atom is 0.221 e. The molecule has 0 aliphatic carbocycles. The SMILES string of the molecule is CNC(=O)CC(C)N(C)Cc1ccc(-c2ccccn2)cc1. The van der Waals surface area contributed by atoms with Crippen LogP contribution in [0, 0.1) is 0 Å². The Labute approximate surface area is 132 Å². The van der Waals surface area contributed by atoms with E-state index in [1.54, 1.807) is 13.2 Å². The van der Waals surface area contributed by atoms with E-state index in [1.807, 2.05) is 25.2 Å². The van der Waals surface area contributed by atoms with Crippen molar-refractivity contribution in [3.63, 3.8) is 0 Å². The summed E-state index contributed by atoms with van der Waals surface area (Å²) in [7, 11) is 3.71. The summed E-state index contributed by atoms with van der Waals surface area (Å²) in [5.74, 6) is 0.0739. The van der Waals surface area contributed by atoms with E-state index in [9.17, 15) is 4.79 Å². The Morgan fingerprint density at radius 2 is 1.95 bits per heavy atom. The summed E-state index contributed by atoms with van der Waals surface area (Å²) in [4.78, 5) is 18.0. The van der Waals surface area contributed by atoms with Gasteiger partial charge < -0.3 is 5.32 Å². The number of pyridine rings is 1. The highest BCUT2D eigenvalue weighted by molar-refractivity contribution is 5.76. The van der Waals surface area contributed by atoms with Crippen LogP contribution in [0.2, 0.25) is 0 Å². The molecule has 0 saturated heterocycles. The van der Waals surface area contributed by atoms with Crippen molar-refractivity contribution in [2.75, 3.05) is 14.1 Å². The molecule has 0 fully saturated rings. The van der Waals surface area contributed by atoms with Crippen molar-refractivity contribution < 1.29 is 4.79 Å². The molecule has 0 spiro atoms. The highest BCUT2D eigenvalue weighted by atomic mass is 16.1. The molecule has 0 radical (unpaired) electrons. The van der Waals surface area contributed by atoms with Gasteiger partial charge in [-0.05, 0) is 31.7 Å². The lowest BCUT2D eigenvalue weighted by Gasteiger charge is -2.24. The number of nitrogens with zero attached hydrogens (tertiary/aromatic N) is 2. The quantitative estimate of drug-likeness (QED) is 0.891. The zero-order chi connectivity index (χ0) is 15.9. The fraction of sp³-hybridized carbons (Fsp3) is 0.333.